The summed E-state index contributed by atoms with van der Waals surface area (Å²) >= 11 is 0. The molecule has 0 radical (unpaired) electrons. The van der Waals surface area contributed by atoms with Gasteiger partial charge in [0.2, 0.25) is 0 Å². The number of benzene rings is 3. The number of carbonyl (C=O) groups excluding carboxylic acids is 2. The van der Waals surface area contributed by atoms with E-state index in [-0.39, 0.29) is 31.2 Å². The number of hydrogen-bond donors (Lipinski definition) is 1. The summed E-state index contributed by atoms with van der Waals surface area (Å²) in [5, 5.41) is 2.60. The molecule has 3 amide bonds. The smallest absolute Gasteiger partial charge is 0.321 e. The molecular formula is C26H23F2N3O3. The lowest BCUT2D eigenvalue weighted by molar-refractivity contribution is -0.109. The summed E-state index contributed by atoms with van der Waals surface area (Å²) in [7, 11) is 0. The van der Waals surface area contributed by atoms with Crippen molar-refractivity contribution in [3.8, 4) is 5.75 Å². The monoisotopic (exact) mass is 463 g/mol. The van der Waals surface area contributed by atoms with Crippen molar-refractivity contribution in [1.82, 2.24) is 9.80 Å². The van der Waals surface area contributed by atoms with Crippen LogP contribution in [-0.2, 0) is 6.54 Å². The first kappa shape index (κ1) is 21.9. The molecule has 1 fully saturated rings. The van der Waals surface area contributed by atoms with Gasteiger partial charge in [0.05, 0.1) is 17.8 Å². The lowest BCUT2D eigenvalue weighted by atomic mass is 9.93. The predicted octanol–water partition coefficient (Wildman–Crippen LogP) is 5.02. The number of likely N-dealkylation sites (tertiary alicyclic amines) is 1. The van der Waals surface area contributed by atoms with Crippen LogP contribution in [-0.4, -0.2) is 40.6 Å². The van der Waals surface area contributed by atoms with Gasteiger partial charge in [0.25, 0.3) is 5.91 Å². The highest BCUT2D eigenvalue weighted by molar-refractivity contribution is 5.98. The van der Waals surface area contributed by atoms with Crippen LogP contribution in [0.15, 0.2) is 72.8 Å². The summed E-state index contributed by atoms with van der Waals surface area (Å²) in [6, 6.07) is 18.9. The second-order valence-electron chi connectivity index (χ2n) is 8.42. The van der Waals surface area contributed by atoms with Crippen molar-refractivity contribution >= 4 is 17.6 Å². The molecule has 3 aromatic rings. The quantitative estimate of drug-likeness (QED) is 0.593. The van der Waals surface area contributed by atoms with Crippen molar-refractivity contribution in [3.63, 3.8) is 0 Å². The van der Waals surface area contributed by atoms with Gasteiger partial charge in [-0.2, -0.15) is 0 Å². The number of ether oxygens (including phenoxy) is 1. The molecule has 0 atom stereocenters. The summed E-state index contributed by atoms with van der Waals surface area (Å²) < 4.78 is 34.8. The Morgan fingerprint density at radius 2 is 1.56 bits per heavy atom. The third-order valence-electron chi connectivity index (χ3n) is 6.39. The second-order valence-corrected chi connectivity index (χ2v) is 8.42. The maximum atomic E-state index is 14.5. The zero-order valence-electron chi connectivity index (χ0n) is 18.3. The van der Waals surface area contributed by atoms with E-state index in [9.17, 15) is 18.4 Å². The first-order valence-electron chi connectivity index (χ1n) is 11.1. The molecule has 0 aliphatic carbocycles. The fourth-order valence-corrected chi connectivity index (χ4v) is 4.52. The molecule has 174 valence electrons. The van der Waals surface area contributed by atoms with E-state index in [0.29, 0.717) is 29.7 Å². The van der Waals surface area contributed by atoms with Gasteiger partial charge in [0.1, 0.15) is 17.4 Å². The van der Waals surface area contributed by atoms with Gasteiger partial charge in [-0.05, 0) is 30.3 Å². The summed E-state index contributed by atoms with van der Waals surface area (Å²) in [5.74, 6) is -0.680. The highest BCUT2D eigenvalue weighted by Gasteiger charge is 2.49. The Labute approximate surface area is 195 Å². The Balaban J connectivity index is 1.39. The van der Waals surface area contributed by atoms with Gasteiger partial charge in [-0.3, -0.25) is 9.69 Å². The van der Waals surface area contributed by atoms with Crippen LogP contribution >= 0.6 is 0 Å². The molecular weight excluding hydrogens is 440 g/mol. The largest absolute Gasteiger partial charge is 0.467 e. The Kier molecular flexibility index (Phi) is 5.65. The summed E-state index contributed by atoms with van der Waals surface area (Å²) in [6.45, 7) is 0.605. The lowest BCUT2D eigenvalue weighted by Gasteiger charge is -2.50. The van der Waals surface area contributed by atoms with Crippen molar-refractivity contribution in [2.45, 2.75) is 25.1 Å². The average Bonchev–Trinajstić information content (AvgIpc) is 2.85. The minimum Gasteiger partial charge on any atom is -0.467 e. The van der Waals surface area contributed by atoms with Crippen molar-refractivity contribution < 1.29 is 23.1 Å². The molecule has 1 N–H and O–H groups in total. The highest BCUT2D eigenvalue weighted by atomic mass is 19.1. The van der Waals surface area contributed by atoms with Crippen LogP contribution in [0, 0.1) is 11.6 Å². The van der Waals surface area contributed by atoms with E-state index < -0.39 is 23.4 Å². The average molecular weight is 463 g/mol. The number of nitrogens with zero attached hydrogens (tertiary/aromatic N) is 2. The van der Waals surface area contributed by atoms with Gasteiger partial charge in [0.15, 0.2) is 5.72 Å². The Morgan fingerprint density at radius 3 is 2.29 bits per heavy atom. The molecule has 6 nitrogen and oxygen atoms in total. The molecule has 0 aromatic heterocycles. The van der Waals surface area contributed by atoms with Gasteiger partial charge < -0.3 is 15.0 Å². The van der Waals surface area contributed by atoms with Crippen molar-refractivity contribution in [2.24, 2.45) is 0 Å². The number of carbonyl (C=O) groups is 2. The van der Waals surface area contributed by atoms with E-state index in [1.54, 1.807) is 64.4 Å². The number of hydrogen-bond acceptors (Lipinski definition) is 3. The van der Waals surface area contributed by atoms with Crippen LogP contribution in [0.2, 0.25) is 0 Å². The van der Waals surface area contributed by atoms with Gasteiger partial charge >= 0.3 is 6.03 Å². The molecule has 0 bridgehead atoms. The number of amides is 3. The van der Waals surface area contributed by atoms with Crippen molar-refractivity contribution in [2.75, 3.05) is 18.4 Å². The van der Waals surface area contributed by atoms with Crippen LogP contribution in [0.5, 0.6) is 5.75 Å². The van der Waals surface area contributed by atoms with Crippen LogP contribution < -0.4 is 10.1 Å². The van der Waals surface area contributed by atoms with Crippen LogP contribution in [0.3, 0.4) is 0 Å². The molecule has 1 saturated heterocycles. The van der Waals surface area contributed by atoms with Gasteiger partial charge in [-0.25, -0.2) is 13.6 Å². The Hall–Kier alpha value is -3.94. The van der Waals surface area contributed by atoms with E-state index in [1.165, 1.54) is 18.2 Å². The topological polar surface area (TPSA) is 61.9 Å². The van der Waals surface area contributed by atoms with E-state index in [0.717, 1.165) is 0 Å². The number of nitrogens with one attached hydrogen (secondary N) is 1. The number of anilines is 1. The van der Waals surface area contributed by atoms with Gasteiger partial charge in [0, 0.05) is 31.5 Å². The molecule has 1 spiro atoms. The first-order chi connectivity index (χ1) is 16.5. The molecule has 34 heavy (non-hydrogen) atoms. The SMILES string of the molecule is O=C(Nc1ccccc1F)N1CCC2(CC1)Oc1ccccc1C(=O)N2Cc1ccccc1F. The van der Waals surface area contributed by atoms with Crippen molar-refractivity contribution in [1.29, 1.82) is 0 Å². The van der Waals surface area contributed by atoms with Crippen LogP contribution in [0.25, 0.3) is 0 Å². The number of urea groups is 1. The fourth-order valence-electron chi connectivity index (χ4n) is 4.52. The zero-order valence-corrected chi connectivity index (χ0v) is 18.3. The normalized spacial score (nSPS) is 16.7. The molecule has 5 rings (SSSR count). The van der Waals surface area contributed by atoms with E-state index in [1.807, 2.05) is 0 Å². The summed E-state index contributed by atoms with van der Waals surface area (Å²) in [4.78, 5) is 29.4. The molecule has 8 heteroatoms. The number of piperidine rings is 1. The lowest BCUT2D eigenvalue weighted by Crippen LogP contribution is -2.63. The van der Waals surface area contributed by atoms with Gasteiger partial charge in [-0.1, -0.05) is 42.5 Å². The molecule has 2 aliphatic rings. The van der Waals surface area contributed by atoms with Crippen LogP contribution in [0.1, 0.15) is 28.8 Å². The molecule has 0 unspecified atom stereocenters. The standard InChI is InChI=1S/C26H23F2N3O3/c27-20-9-3-1-7-18(20)17-31-24(32)19-8-2-6-12-23(19)34-26(31)13-15-30(16-14-26)25(33)29-22-11-5-4-10-21(22)28/h1-12H,13-17H2,(H,29,33). The van der Waals surface area contributed by atoms with Crippen LogP contribution in [0.4, 0.5) is 19.3 Å². The number of rotatable bonds is 3. The number of para-hydroxylation sites is 2. The molecule has 2 aliphatic heterocycles. The number of halogens is 2. The Morgan fingerprint density at radius 1 is 0.912 bits per heavy atom. The van der Waals surface area contributed by atoms with Gasteiger partial charge in [-0.15, -0.1) is 0 Å². The third-order valence-corrected chi connectivity index (χ3v) is 6.39. The second kappa shape index (κ2) is 8.78. The Bertz CT molecular complexity index is 1240. The minimum atomic E-state index is -1.03. The van der Waals surface area contributed by atoms with Crippen molar-refractivity contribution in [3.05, 3.63) is 95.6 Å². The highest BCUT2D eigenvalue weighted by Crippen LogP contribution is 2.40. The molecule has 2 heterocycles. The maximum absolute atomic E-state index is 14.5. The number of fused-ring (bicyclic) bond motifs is 1. The van der Waals surface area contributed by atoms with E-state index in [2.05, 4.69) is 5.32 Å². The van der Waals surface area contributed by atoms with E-state index in [4.69, 9.17) is 4.74 Å². The maximum Gasteiger partial charge on any atom is 0.321 e. The first-order valence-corrected chi connectivity index (χ1v) is 11.1. The minimum absolute atomic E-state index is 0.0429. The zero-order chi connectivity index (χ0) is 23.7. The molecule has 0 saturated carbocycles. The third kappa shape index (κ3) is 3.96. The van der Waals surface area contributed by atoms with E-state index >= 15 is 0 Å². The molecule has 3 aromatic carbocycles. The summed E-state index contributed by atoms with van der Waals surface area (Å²) in [5.41, 5.74) is -0.114. The predicted molar refractivity (Wildman–Crippen MR) is 122 cm³/mol. The fraction of sp³-hybridized carbons (Fsp3) is 0.231. The summed E-state index contributed by atoms with van der Waals surface area (Å²) in [6.07, 6.45) is 0.651.